The summed E-state index contributed by atoms with van der Waals surface area (Å²) in [6, 6.07) is 1.15. The van der Waals surface area contributed by atoms with Crippen LogP contribution in [0.1, 0.15) is 36.7 Å². The Labute approximate surface area is 127 Å². The van der Waals surface area contributed by atoms with Gasteiger partial charge in [-0.2, -0.15) is 0 Å². The van der Waals surface area contributed by atoms with Crippen molar-refractivity contribution in [1.82, 2.24) is 0 Å². The zero-order chi connectivity index (χ0) is 16.5. The molecule has 1 aliphatic rings. The van der Waals surface area contributed by atoms with E-state index in [9.17, 15) is 14.9 Å². The lowest BCUT2D eigenvalue weighted by atomic mass is 9.97. The molecule has 0 atom stereocenters. The lowest BCUT2D eigenvalue weighted by Crippen LogP contribution is -2.28. The van der Waals surface area contributed by atoms with Crippen molar-refractivity contribution >= 4 is 17.5 Å². The second kappa shape index (κ2) is 5.53. The predicted molar refractivity (Wildman–Crippen MR) is 81.2 cm³/mol. The molecule has 0 bridgehead atoms. The SMILES string of the molecule is CC#CC(=O)c1cc([N+](=O)[O-])c2c(c1OC)C=CC(C)(C)O2. The molecule has 1 aromatic rings. The average Bonchev–Trinajstić information content (AvgIpc) is 2.44. The van der Waals surface area contributed by atoms with Crippen molar-refractivity contribution in [3.63, 3.8) is 0 Å². The highest BCUT2D eigenvalue weighted by Crippen LogP contribution is 2.45. The van der Waals surface area contributed by atoms with Crippen LogP contribution in [-0.2, 0) is 0 Å². The molecule has 0 aliphatic carbocycles. The highest BCUT2D eigenvalue weighted by Gasteiger charge is 2.33. The van der Waals surface area contributed by atoms with E-state index in [-0.39, 0.29) is 22.7 Å². The summed E-state index contributed by atoms with van der Waals surface area (Å²) in [4.78, 5) is 22.8. The number of nitro benzene ring substituents is 1. The molecule has 0 unspecified atom stereocenters. The molecule has 6 nitrogen and oxygen atoms in total. The summed E-state index contributed by atoms with van der Waals surface area (Å²) in [7, 11) is 1.39. The van der Waals surface area contributed by atoms with Gasteiger partial charge in [-0.05, 0) is 38.8 Å². The number of nitro groups is 1. The first-order chi connectivity index (χ1) is 10.3. The van der Waals surface area contributed by atoms with Gasteiger partial charge in [0.25, 0.3) is 0 Å². The predicted octanol–water partition coefficient (Wildman–Crippen LogP) is 2.99. The van der Waals surface area contributed by atoms with Gasteiger partial charge in [-0.25, -0.2) is 0 Å². The molecule has 0 fully saturated rings. The van der Waals surface area contributed by atoms with E-state index in [1.165, 1.54) is 14.0 Å². The molecule has 1 aromatic carbocycles. The number of carbonyl (C=O) groups excluding carboxylic acids is 1. The van der Waals surface area contributed by atoms with Gasteiger partial charge in [-0.15, -0.1) is 0 Å². The average molecular weight is 301 g/mol. The number of hydrogen-bond donors (Lipinski definition) is 0. The molecule has 22 heavy (non-hydrogen) atoms. The number of nitrogens with zero attached hydrogens (tertiary/aromatic N) is 1. The van der Waals surface area contributed by atoms with Crippen molar-refractivity contribution in [1.29, 1.82) is 0 Å². The second-order valence-electron chi connectivity index (χ2n) is 5.22. The van der Waals surface area contributed by atoms with Gasteiger partial charge in [-0.1, -0.05) is 5.92 Å². The van der Waals surface area contributed by atoms with Gasteiger partial charge in [0, 0.05) is 6.07 Å². The molecule has 0 saturated carbocycles. The normalized spacial score (nSPS) is 14.2. The topological polar surface area (TPSA) is 78.7 Å². The first-order valence-electron chi connectivity index (χ1n) is 6.55. The third kappa shape index (κ3) is 2.66. The third-order valence-electron chi connectivity index (χ3n) is 3.15. The zero-order valence-corrected chi connectivity index (χ0v) is 12.7. The first kappa shape index (κ1) is 15.6. The minimum Gasteiger partial charge on any atom is -0.495 e. The molecule has 0 amide bonds. The van der Waals surface area contributed by atoms with Crippen LogP contribution in [0, 0.1) is 22.0 Å². The van der Waals surface area contributed by atoms with Crippen molar-refractivity contribution in [2.75, 3.05) is 7.11 Å². The van der Waals surface area contributed by atoms with E-state index in [0.29, 0.717) is 5.56 Å². The Hall–Kier alpha value is -2.81. The Morgan fingerprint density at radius 1 is 1.45 bits per heavy atom. The second-order valence-corrected chi connectivity index (χ2v) is 5.22. The Morgan fingerprint density at radius 3 is 2.68 bits per heavy atom. The van der Waals surface area contributed by atoms with E-state index in [4.69, 9.17) is 9.47 Å². The Kier molecular flexibility index (Phi) is 3.91. The van der Waals surface area contributed by atoms with Gasteiger partial charge in [-0.3, -0.25) is 14.9 Å². The fourth-order valence-electron chi connectivity index (χ4n) is 2.20. The summed E-state index contributed by atoms with van der Waals surface area (Å²) < 4.78 is 11.0. The molecule has 0 saturated heterocycles. The maximum Gasteiger partial charge on any atom is 0.312 e. The minimum atomic E-state index is -0.683. The van der Waals surface area contributed by atoms with Crippen molar-refractivity contribution in [3.05, 3.63) is 33.4 Å². The molecular weight excluding hydrogens is 286 g/mol. The first-order valence-corrected chi connectivity index (χ1v) is 6.55. The van der Waals surface area contributed by atoms with Crippen molar-refractivity contribution < 1.29 is 19.2 Å². The van der Waals surface area contributed by atoms with Crippen molar-refractivity contribution in [2.24, 2.45) is 0 Å². The standard InChI is InChI=1S/C16H15NO5/c1-5-6-13(18)11-9-12(17(19)20)15-10(14(11)21-4)7-8-16(2,3)22-15/h7-9H,1-4H3. The molecule has 0 aromatic heterocycles. The molecule has 0 radical (unpaired) electrons. The van der Waals surface area contributed by atoms with Crippen LogP contribution in [0.4, 0.5) is 5.69 Å². The molecule has 1 heterocycles. The highest BCUT2D eigenvalue weighted by atomic mass is 16.6. The third-order valence-corrected chi connectivity index (χ3v) is 3.15. The van der Waals surface area contributed by atoms with Crippen LogP contribution in [0.3, 0.4) is 0 Å². The van der Waals surface area contributed by atoms with Gasteiger partial charge < -0.3 is 9.47 Å². The largest absolute Gasteiger partial charge is 0.495 e. The number of carbonyl (C=O) groups is 1. The van der Waals surface area contributed by atoms with Crippen LogP contribution < -0.4 is 9.47 Å². The molecule has 6 heteroatoms. The van der Waals surface area contributed by atoms with E-state index < -0.39 is 16.3 Å². The number of hydrogen-bond acceptors (Lipinski definition) is 5. The van der Waals surface area contributed by atoms with Crippen LogP contribution in [0.15, 0.2) is 12.1 Å². The Bertz CT molecular complexity index is 750. The van der Waals surface area contributed by atoms with Crippen molar-refractivity contribution in [2.45, 2.75) is 26.4 Å². The van der Waals surface area contributed by atoms with Crippen LogP contribution >= 0.6 is 0 Å². The van der Waals surface area contributed by atoms with Gasteiger partial charge in [0.15, 0.2) is 0 Å². The summed E-state index contributed by atoms with van der Waals surface area (Å²) >= 11 is 0. The number of fused-ring (bicyclic) bond motifs is 1. The van der Waals surface area contributed by atoms with Crippen LogP contribution in [0.5, 0.6) is 11.5 Å². The molecular formula is C16H15NO5. The van der Waals surface area contributed by atoms with E-state index in [1.54, 1.807) is 26.0 Å². The van der Waals surface area contributed by atoms with Gasteiger partial charge in [0.2, 0.25) is 11.5 Å². The molecule has 114 valence electrons. The number of rotatable bonds is 3. The van der Waals surface area contributed by atoms with E-state index in [0.717, 1.165) is 6.07 Å². The number of Topliss-reactive ketones (excluding diaryl/α,β-unsaturated/α-hetero) is 1. The molecule has 0 spiro atoms. The maximum absolute atomic E-state index is 12.1. The Balaban J connectivity index is 2.80. The summed E-state index contributed by atoms with van der Waals surface area (Å²) in [5.74, 6) is 4.63. The summed E-state index contributed by atoms with van der Waals surface area (Å²) in [5, 5.41) is 11.3. The summed E-state index contributed by atoms with van der Waals surface area (Å²) in [6.07, 6.45) is 3.42. The maximum atomic E-state index is 12.1. The van der Waals surface area contributed by atoms with Crippen LogP contribution in [0.2, 0.25) is 0 Å². The number of ether oxygens (including phenoxy) is 2. The van der Waals surface area contributed by atoms with E-state index >= 15 is 0 Å². The van der Waals surface area contributed by atoms with Gasteiger partial charge >= 0.3 is 5.69 Å². The quantitative estimate of drug-likeness (QED) is 0.282. The number of ketones is 1. The smallest absolute Gasteiger partial charge is 0.312 e. The minimum absolute atomic E-state index is 0.0512. The molecule has 0 N–H and O–H groups in total. The van der Waals surface area contributed by atoms with Crippen LogP contribution in [0.25, 0.3) is 6.08 Å². The lowest BCUT2D eigenvalue weighted by molar-refractivity contribution is -0.386. The fraction of sp³-hybridized carbons (Fsp3) is 0.312. The van der Waals surface area contributed by atoms with Crippen molar-refractivity contribution in [3.8, 4) is 23.3 Å². The van der Waals surface area contributed by atoms with Gasteiger partial charge in [0.05, 0.1) is 23.2 Å². The van der Waals surface area contributed by atoms with Crippen LogP contribution in [-0.4, -0.2) is 23.4 Å². The summed E-state index contributed by atoms with van der Waals surface area (Å²) in [6.45, 7) is 5.08. The van der Waals surface area contributed by atoms with E-state index in [2.05, 4.69) is 11.8 Å². The fourth-order valence-corrected chi connectivity index (χ4v) is 2.20. The van der Waals surface area contributed by atoms with Gasteiger partial charge in [0.1, 0.15) is 11.4 Å². The Morgan fingerprint density at radius 2 is 2.14 bits per heavy atom. The lowest BCUT2D eigenvalue weighted by Gasteiger charge is -2.28. The zero-order valence-electron chi connectivity index (χ0n) is 12.7. The molecule has 1 aliphatic heterocycles. The van der Waals surface area contributed by atoms with E-state index in [1.807, 2.05) is 0 Å². The molecule has 2 rings (SSSR count). The number of benzene rings is 1. The monoisotopic (exact) mass is 301 g/mol. The summed E-state index contributed by atoms with van der Waals surface area (Å²) in [5.41, 5.74) is -0.542. The highest BCUT2D eigenvalue weighted by molar-refractivity contribution is 6.12. The number of methoxy groups -OCH3 is 1.